The zero-order valence-electron chi connectivity index (χ0n) is 19.9. The Morgan fingerprint density at radius 2 is 1.92 bits per heavy atom. The maximum Gasteiger partial charge on any atom is 0.435 e. The van der Waals surface area contributed by atoms with Crippen LogP contribution in [-0.4, -0.2) is 49.0 Å². The number of aromatic nitrogens is 5. The van der Waals surface area contributed by atoms with Crippen LogP contribution in [0.3, 0.4) is 0 Å². The Morgan fingerprint density at radius 1 is 1.17 bits per heavy atom. The lowest BCUT2D eigenvalue weighted by Gasteiger charge is -2.33. The minimum absolute atomic E-state index is 0.119. The summed E-state index contributed by atoms with van der Waals surface area (Å²) < 4.78 is 62.6. The number of alkyl halides is 3. The topological polar surface area (TPSA) is 78.1 Å². The second-order valence-corrected chi connectivity index (χ2v) is 8.63. The van der Waals surface area contributed by atoms with Gasteiger partial charge in [-0.05, 0) is 25.5 Å². The van der Waals surface area contributed by atoms with Crippen LogP contribution in [0.4, 0.5) is 17.6 Å². The molecule has 0 radical (unpaired) electrons. The summed E-state index contributed by atoms with van der Waals surface area (Å²) in [7, 11) is 4.54. The van der Waals surface area contributed by atoms with Gasteiger partial charge in [0.25, 0.3) is 5.91 Å². The fourth-order valence-electron chi connectivity index (χ4n) is 4.87. The third-order valence-electron chi connectivity index (χ3n) is 6.56. The highest BCUT2D eigenvalue weighted by Crippen LogP contribution is 2.39. The van der Waals surface area contributed by atoms with Crippen molar-refractivity contribution in [3.05, 3.63) is 58.8 Å². The molecule has 4 heterocycles. The predicted molar refractivity (Wildman–Crippen MR) is 122 cm³/mol. The highest BCUT2D eigenvalue weighted by molar-refractivity contribution is 6.07. The van der Waals surface area contributed by atoms with Gasteiger partial charge in [0, 0.05) is 31.6 Å². The minimum atomic E-state index is -4.58. The molecule has 0 spiro atoms. The summed E-state index contributed by atoms with van der Waals surface area (Å²) in [4.78, 5) is 19.2. The van der Waals surface area contributed by atoms with E-state index in [4.69, 9.17) is 4.74 Å². The number of nitrogens with zero attached hydrogens (tertiary/aromatic N) is 6. The van der Waals surface area contributed by atoms with E-state index in [0.717, 1.165) is 17.8 Å². The summed E-state index contributed by atoms with van der Waals surface area (Å²) in [5.74, 6) is -0.868. The molecular formula is C24H22F4N6O2. The standard InChI is InChI=1S/C24H22F4N6O2/c1-12-20-14(22(33(3)31-20)16-10-18(24(26,27)28)30-32(16)2)8-9-34(12)23(35)19-13-6-5-7-17(36-4)21(13)29-11-15(19)25/h5-7,10-12H,8-9H2,1-4H3. The summed E-state index contributed by atoms with van der Waals surface area (Å²) in [5.41, 5.74) is 1.29. The summed E-state index contributed by atoms with van der Waals surface area (Å²) in [5, 5.41) is 8.47. The largest absolute Gasteiger partial charge is 0.494 e. The fourth-order valence-corrected chi connectivity index (χ4v) is 4.87. The molecule has 3 aromatic heterocycles. The van der Waals surface area contributed by atoms with E-state index in [2.05, 4.69) is 15.2 Å². The third-order valence-corrected chi connectivity index (χ3v) is 6.56. The molecular weight excluding hydrogens is 480 g/mol. The van der Waals surface area contributed by atoms with Crippen LogP contribution in [0.2, 0.25) is 0 Å². The van der Waals surface area contributed by atoms with Gasteiger partial charge in [0.1, 0.15) is 11.3 Å². The maximum absolute atomic E-state index is 14.9. The van der Waals surface area contributed by atoms with Crippen LogP contribution in [0.15, 0.2) is 30.5 Å². The Hall–Kier alpha value is -3.96. The molecule has 8 nitrogen and oxygen atoms in total. The van der Waals surface area contributed by atoms with Gasteiger partial charge in [0.2, 0.25) is 0 Å². The molecule has 1 aliphatic heterocycles. The Labute approximate surface area is 203 Å². The first-order chi connectivity index (χ1) is 17.0. The number of halogens is 4. The Balaban J connectivity index is 1.55. The molecule has 1 unspecified atom stereocenters. The van der Waals surface area contributed by atoms with E-state index in [1.807, 2.05) is 0 Å². The van der Waals surface area contributed by atoms with Gasteiger partial charge in [-0.2, -0.15) is 23.4 Å². The highest BCUT2D eigenvalue weighted by atomic mass is 19.4. The van der Waals surface area contributed by atoms with Crippen LogP contribution < -0.4 is 4.74 Å². The molecule has 1 aliphatic rings. The zero-order valence-corrected chi connectivity index (χ0v) is 19.9. The summed E-state index contributed by atoms with van der Waals surface area (Å²) in [6.07, 6.45) is -3.25. The summed E-state index contributed by atoms with van der Waals surface area (Å²) in [6.45, 7) is 1.99. The van der Waals surface area contributed by atoms with Crippen molar-refractivity contribution in [1.29, 1.82) is 0 Å². The molecule has 5 rings (SSSR count). The Kier molecular flexibility index (Phi) is 5.49. The van der Waals surface area contributed by atoms with Gasteiger partial charge in [-0.1, -0.05) is 12.1 Å². The van der Waals surface area contributed by atoms with E-state index in [9.17, 15) is 22.4 Å². The number of fused-ring (bicyclic) bond motifs is 2. The van der Waals surface area contributed by atoms with Crippen molar-refractivity contribution >= 4 is 16.8 Å². The molecule has 4 aromatic rings. The molecule has 0 saturated heterocycles. The zero-order chi connectivity index (χ0) is 25.9. The highest BCUT2D eigenvalue weighted by Gasteiger charge is 2.38. The van der Waals surface area contributed by atoms with E-state index < -0.39 is 29.6 Å². The third kappa shape index (κ3) is 3.59. The van der Waals surface area contributed by atoms with E-state index in [-0.39, 0.29) is 17.8 Å². The summed E-state index contributed by atoms with van der Waals surface area (Å²) >= 11 is 0. The van der Waals surface area contributed by atoms with Gasteiger partial charge in [0.15, 0.2) is 11.5 Å². The molecule has 1 aromatic carbocycles. The molecule has 0 N–H and O–H groups in total. The van der Waals surface area contributed by atoms with Gasteiger partial charge in [0.05, 0.1) is 42.0 Å². The first kappa shape index (κ1) is 23.8. The fraction of sp³-hybridized carbons (Fsp3) is 0.333. The SMILES string of the molecule is COc1cccc2c(C(=O)N3CCc4c(nn(C)c4-c4cc(C(F)(F)F)nn4C)C3C)c(F)cnc12. The summed E-state index contributed by atoms with van der Waals surface area (Å²) in [6, 6.07) is 5.39. The molecule has 188 valence electrons. The molecule has 1 atom stereocenters. The van der Waals surface area contributed by atoms with Crippen LogP contribution >= 0.6 is 0 Å². The van der Waals surface area contributed by atoms with Crippen LogP contribution in [-0.2, 0) is 26.7 Å². The number of para-hydroxylation sites is 1. The first-order valence-electron chi connectivity index (χ1n) is 11.1. The second-order valence-electron chi connectivity index (χ2n) is 8.63. The number of hydrogen-bond donors (Lipinski definition) is 0. The molecule has 12 heteroatoms. The number of benzene rings is 1. The average molecular weight is 502 g/mol. The number of hydrogen-bond acceptors (Lipinski definition) is 5. The van der Waals surface area contributed by atoms with Crippen molar-refractivity contribution in [2.45, 2.75) is 25.6 Å². The van der Waals surface area contributed by atoms with Crippen LogP contribution in [0.5, 0.6) is 5.75 Å². The van der Waals surface area contributed by atoms with E-state index in [1.54, 1.807) is 32.2 Å². The number of carbonyl (C=O) groups is 1. The van der Waals surface area contributed by atoms with Gasteiger partial charge in [-0.15, -0.1) is 0 Å². The van der Waals surface area contributed by atoms with Crippen molar-refractivity contribution in [3.8, 4) is 17.1 Å². The minimum Gasteiger partial charge on any atom is -0.494 e. The second kappa shape index (κ2) is 8.32. The number of methoxy groups -OCH3 is 1. The number of carbonyl (C=O) groups excluding carboxylic acids is 1. The first-order valence-corrected chi connectivity index (χ1v) is 11.1. The number of amides is 1. The van der Waals surface area contributed by atoms with Crippen molar-refractivity contribution in [3.63, 3.8) is 0 Å². The molecule has 0 saturated carbocycles. The van der Waals surface area contributed by atoms with E-state index in [0.29, 0.717) is 34.5 Å². The lowest BCUT2D eigenvalue weighted by Crippen LogP contribution is -2.39. The lowest BCUT2D eigenvalue weighted by molar-refractivity contribution is -0.141. The Morgan fingerprint density at radius 3 is 2.58 bits per heavy atom. The average Bonchev–Trinajstić information content (AvgIpc) is 3.37. The van der Waals surface area contributed by atoms with Crippen molar-refractivity contribution < 1.29 is 27.1 Å². The number of pyridine rings is 1. The predicted octanol–water partition coefficient (Wildman–Crippen LogP) is 4.29. The Bertz CT molecular complexity index is 1510. The quantitative estimate of drug-likeness (QED) is 0.391. The van der Waals surface area contributed by atoms with Gasteiger partial charge >= 0.3 is 6.18 Å². The van der Waals surface area contributed by atoms with Crippen LogP contribution in [0, 0.1) is 5.82 Å². The van der Waals surface area contributed by atoms with Gasteiger partial charge in [-0.25, -0.2) is 9.37 Å². The molecule has 1 amide bonds. The smallest absolute Gasteiger partial charge is 0.435 e. The van der Waals surface area contributed by atoms with E-state index in [1.165, 1.54) is 28.4 Å². The molecule has 0 bridgehead atoms. The number of rotatable bonds is 3. The van der Waals surface area contributed by atoms with Crippen molar-refractivity contribution in [2.75, 3.05) is 13.7 Å². The number of ether oxygens (including phenoxy) is 1. The van der Waals surface area contributed by atoms with Gasteiger partial charge < -0.3 is 9.64 Å². The lowest BCUT2D eigenvalue weighted by atomic mass is 9.96. The monoisotopic (exact) mass is 502 g/mol. The van der Waals surface area contributed by atoms with E-state index >= 15 is 0 Å². The molecule has 0 fully saturated rings. The molecule has 36 heavy (non-hydrogen) atoms. The maximum atomic E-state index is 14.9. The normalized spacial score (nSPS) is 15.9. The van der Waals surface area contributed by atoms with Gasteiger partial charge in [-0.3, -0.25) is 14.2 Å². The molecule has 0 aliphatic carbocycles. The van der Waals surface area contributed by atoms with Crippen molar-refractivity contribution in [2.24, 2.45) is 14.1 Å². The van der Waals surface area contributed by atoms with Crippen LogP contribution in [0.1, 0.15) is 40.3 Å². The van der Waals surface area contributed by atoms with Crippen LogP contribution in [0.25, 0.3) is 22.3 Å². The number of aryl methyl sites for hydroxylation is 2. The van der Waals surface area contributed by atoms with Crippen molar-refractivity contribution in [1.82, 2.24) is 29.4 Å².